The molecular formula is C22H21N7O5. The third-order valence-corrected chi connectivity index (χ3v) is 5.71. The third-order valence-electron chi connectivity index (χ3n) is 5.71. The summed E-state index contributed by atoms with van der Waals surface area (Å²) in [5, 5.41) is 16.4. The fraction of sp³-hybridized carbons (Fsp3) is 0.273. The molecule has 12 nitrogen and oxygen atoms in total. The highest BCUT2D eigenvalue weighted by atomic mass is 16.6. The van der Waals surface area contributed by atoms with Gasteiger partial charge >= 0.3 is 6.03 Å². The Morgan fingerprint density at radius 3 is 2.82 bits per heavy atom. The van der Waals surface area contributed by atoms with Gasteiger partial charge in [-0.15, -0.1) is 5.10 Å². The van der Waals surface area contributed by atoms with Crippen molar-refractivity contribution in [3.05, 3.63) is 60.4 Å². The number of para-hydroxylation sites is 2. The third kappa shape index (κ3) is 3.89. The number of aromatic nitrogens is 4. The molecule has 5 rings (SSSR count). The van der Waals surface area contributed by atoms with E-state index in [2.05, 4.69) is 26.2 Å². The van der Waals surface area contributed by atoms with Crippen molar-refractivity contribution in [2.24, 2.45) is 0 Å². The quantitative estimate of drug-likeness (QED) is 0.500. The van der Waals surface area contributed by atoms with Crippen molar-refractivity contribution in [3.63, 3.8) is 0 Å². The van der Waals surface area contributed by atoms with Crippen LogP contribution >= 0.6 is 0 Å². The fourth-order valence-electron chi connectivity index (χ4n) is 3.87. The monoisotopic (exact) mass is 463 g/mol. The van der Waals surface area contributed by atoms with Gasteiger partial charge in [-0.1, -0.05) is 24.3 Å². The standard InChI is InChI=1S/C22H21N7O5/c1-22(14-5-4-6-15(9-14)29-13-24-26-27-29)20(31)28(21(32)25-22)11-19(30)23-10-16-12-33-17-7-2-3-8-18(17)34-16/h2-9,13,16H,10-12H2,1H3,(H,23,30)(H,25,32)/t16-,22-/m1/s1. The van der Waals surface area contributed by atoms with Gasteiger partial charge in [0, 0.05) is 0 Å². The van der Waals surface area contributed by atoms with E-state index < -0.39 is 29.9 Å². The molecule has 0 spiro atoms. The van der Waals surface area contributed by atoms with Gasteiger partial charge in [0.2, 0.25) is 5.91 Å². The second kappa shape index (κ2) is 8.46. The number of amides is 4. The number of carbonyl (C=O) groups excluding carboxylic acids is 3. The second-order valence-electron chi connectivity index (χ2n) is 8.05. The number of nitrogens with one attached hydrogen (secondary N) is 2. The van der Waals surface area contributed by atoms with Gasteiger partial charge in [0.15, 0.2) is 11.5 Å². The van der Waals surface area contributed by atoms with Gasteiger partial charge in [-0.25, -0.2) is 9.48 Å². The van der Waals surface area contributed by atoms with Crippen molar-refractivity contribution in [2.75, 3.05) is 19.7 Å². The Morgan fingerprint density at radius 2 is 2.03 bits per heavy atom. The number of rotatable bonds is 6. The maximum absolute atomic E-state index is 13.2. The molecule has 174 valence electrons. The summed E-state index contributed by atoms with van der Waals surface area (Å²) in [6.45, 7) is 1.61. The van der Waals surface area contributed by atoms with Crippen molar-refractivity contribution in [1.82, 2.24) is 35.7 Å². The number of benzene rings is 2. The lowest BCUT2D eigenvalue weighted by atomic mass is 9.91. The van der Waals surface area contributed by atoms with Crippen molar-refractivity contribution in [2.45, 2.75) is 18.6 Å². The molecule has 0 aliphatic carbocycles. The molecule has 3 aromatic rings. The van der Waals surface area contributed by atoms with Crippen LogP contribution in [0.4, 0.5) is 4.79 Å². The van der Waals surface area contributed by atoms with Crippen LogP contribution < -0.4 is 20.1 Å². The summed E-state index contributed by atoms with van der Waals surface area (Å²) >= 11 is 0. The van der Waals surface area contributed by atoms with Crippen molar-refractivity contribution >= 4 is 17.8 Å². The van der Waals surface area contributed by atoms with Crippen molar-refractivity contribution in [1.29, 1.82) is 0 Å². The molecule has 0 saturated carbocycles. The van der Waals surface area contributed by atoms with Crippen LogP contribution in [-0.4, -0.2) is 68.8 Å². The number of tetrazole rings is 1. The second-order valence-corrected chi connectivity index (χ2v) is 8.05. The first-order chi connectivity index (χ1) is 16.4. The number of hydrogen-bond donors (Lipinski definition) is 2. The maximum atomic E-state index is 13.2. The van der Waals surface area contributed by atoms with Crippen molar-refractivity contribution in [3.8, 4) is 17.2 Å². The minimum atomic E-state index is -1.34. The van der Waals surface area contributed by atoms with E-state index in [4.69, 9.17) is 9.47 Å². The van der Waals surface area contributed by atoms with Crippen LogP contribution in [0.5, 0.6) is 11.5 Å². The van der Waals surface area contributed by atoms with Crippen LogP contribution in [0, 0.1) is 0 Å². The summed E-state index contributed by atoms with van der Waals surface area (Å²) in [5.74, 6) is 0.222. The summed E-state index contributed by atoms with van der Waals surface area (Å²) in [7, 11) is 0. The molecule has 2 aromatic carbocycles. The minimum absolute atomic E-state index is 0.169. The lowest BCUT2D eigenvalue weighted by Crippen LogP contribution is -2.46. The number of fused-ring (bicyclic) bond motifs is 1. The van der Waals surface area contributed by atoms with Gasteiger partial charge in [-0.3, -0.25) is 14.5 Å². The predicted molar refractivity (Wildman–Crippen MR) is 116 cm³/mol. The number of carbonyl (C=O) groups is 3. The highest BCUT2D eigenvalue weighted by molar-refractivity contribution is 6.09. The summed E-state index contributed by atoms with van der Waals surface area (Å²) in [6, 6.07) is 13.5. The Balaban J connectivity index is 1.22. The van der Waals surface area contributed by atoms with Crippen LogP contribution in [0.1, 0.15) is 12.5 Å². The van der Waals surface area contributed by atoms with Crippen LogP contribution in [0.3, 0.4) is 0 Å². The van der Waals surface area contributed by atoms with E-state index >= 15 is 0 Å². The lowest BCUT2D eigenvalue weighted by molar-refractivity contribution is -0.134. The molecule has 12 heteroatoms. The van der Waals surface area contributed by atoms with Crippen molar-refractivity contribution < 1.29 is 23.9 Å². The van der Waals surface area contributed by atoms with Gasteiger partial charge in [0.25, 0.3) is 5.91 Å². The normalized spacial score (nSPS) is 21.3. The van der Waals surface area contributed by atoms with E-state index in [0.29, 0.717) is 22.7 Å². The number of hydrogen-bond acceptors (Lipinski definition) is 8. The Bertz CT molecular complexity index is 1250. The molecule has 0 unspecified atom stereocenters. The predicted octanol–water partition coefficient (Wildman–Crippen LogP) is 0.386. The molecule has 4 amide bonds. The highest BCUT2D eigenvalue weighted by Gasteiger charge is 2.49. The zero-order valence-corrected chi connectivity index (χ0v) is 18.2. The van der Waals surface area contributed by atoms with E-state index in [0.717, 1.165) is 4.90 Å². The molecule has 34 heavy (non-hydrogen) atoms. The van der Waals surface area contributed by atoms with Crippen LogP contribution in [-0.2, 0) is 15.1 Å². The van der Waals surface area contributed by atoms with Crippen LogP contribution in [0.25, 0.3) is 5.69 Å². The molecule has 2 aliphatic heterocycles. The summed E-state index contributed by atoms with van der Waals surface area (Å²) < 4.78 is 12.9. The Kier molecular flexibility index (Phi) is 5.32. The SMILES string of the molecule is C[C@]1(c2cccc(-n3cnnn3)c2)NC(=O)N(CC(=O)NC[C@@H]2COc3ccccc3O2)C1=O. The molecule has 3 heterocycles. The van der Waals surface area contributed by atoms with E-state index in [9.17, 15) is 14.4 Å². The van der Waals surface area contributed by atoms with Gasteiger partial charge in [0.05, 0.1) is 12.2 Å². The molecule has 2 aliphatic rings. The molecule has 0 radical (unpaired) electrons. The largest absolute Gasteiger partial charge is 0.486 e. The molecule has 2 atom stereocenters. The van der Waals surface area contributed by atoms with Gasteiger partial charge in [0.1, 0.15) is 31.1 Å². The molecule has 1 aromatic heterocycles. The lowest BCUT2D eigenvalue weighted by Gasteiger charge is -2.26. The first kappa shape index (κ1) is 21.4. The van der Waals surface area contributed by atoms with Crippen LogP contribution in [0.15, 0.2) is 54.9 Å². The van der Waals surface area contributed by atoms with Gasteiger partial charge < -0.3 is 20.1 Å². The molecule has 2 N–H and O–H groups in total. The summed E-state index contributed by atoms with van der Waals surface area (Å²) in [5.41, 5.74) is -0.183. The first-order valence-electron chi connectivity index (χ1n) is 10.6. The topological polar surface area (TPSA) is 141 Å². The Hall–Kier alpha value is -4.48. The van der Waals surface area contributed by atoms with Gasteiger partial charge in [-0.2, -0.15) is 0 Å². The number of ether oxygens (including phenoxy) is 2. The Labute approximate surface area is 193 Å². The first-order valence-corrected chi connectivity index (χ1v) is 10.6. The molecule has 1 saturated heterocycles. The summed E-state index contributed by atoms with van der Waals surface area (Å²) in [6.07, 6.45) is 1.04. The number of nitrogens with zero attached hydrogens (tertiary/aromatic N) is 5. The molecule has 1 fully saturated rings. The van der Waals surface area contributed by atoms with E-state index in [1.807, 2.05) is 12.1 Å². The number of imide groups is 1. The average Bonchev–Trinajstić information content (AvgIpc) is 3.47. The van der Waals surface area contributed by atoms with Crippen LogP contribution in [0.2, 0.25) is 0 Å². The fourth-order valence-corrected chi connectivity index (χ4v) is 3.87. The van der Waals surface area contributed by atoms with E-state index in [1.54, 1.807) is 43.3 Å². The van der Waals surface area contributed by atoms with Gasteiger partial charge in [-0.05, 0) is 47.2 Å². The molecular weight excluding hydrogens is 442 g/mol. The average molecular weight is 463 g/mol. The maximum Gasteiger partial charge on any atom is 0.325 e. The minimum Gasteiger partial charge on any atom is -0.486 e. The Morgan fingerprint density at radius 1 is 1.21 bits per heavy atom. The zero-order chi connectivity index (χ0) is 23.7. The zero-order valence-electron chi connectivity index (χ0n) is 18.2. The van der Waals surface area contributed by atoms with E-state index in [1.165, 1.54) is 11.0 Å². The highest BCUT2D eigenvalue weighted by Crippen LogP contribution is 2.31. The van der Waals surface area contributed by atoms with E-state index in [-0.39, 0.29) is 19.3 Å². The summed E-state index contributed by atoms with van der Waals surface area (Å²) in [4.78, 5) is 39.2. The smallest absolute Gasteiger partial charge is 0.325 e. The number of urea groups is 1. The molecule has 0 bridgehead atoms.